The van der Waals surface area contributed by atoms with Gasteiger partial charge in [-0.3, -0.25) is 4.79 Å². The zero-order chi connectivity index (χ0) is 22.1. The second kappa shape index (κ2) is 8.48. The highest BCUT2D eigenvalue weighted by molar-refractivity contribution is 6.30. The van der Waals surface area contributed by atoms with E-state index in [1.54, 1.807) is 23.1 Å². The molecule has 0 spiro atoms. The van der Waals surface area contributed by atoms with Crippen molar-refractivity contribution >= 4 is 28.4 Å². The van der Waals surface area contributed by atoms with Gasteiger partial charge in [-0.2, -0.15) is 0 Å². The zero-order valence-electron chi connectivity index (χ0n) is 16.9. The molecule has 4 aromatic rings. The second-order valence-electron chi connectivity index (χ2n) is 7.46. The Kier molecular flexibility index (Phi) is 5.37. The average molecular weight is 449 g/mol. The number of hydrogen-bond donors (Lipinski definition) is 0. The molecular weight excluding hydrogens is 431 g/mol. The third-order valence-corrected chi connectivity index (χ3v) is 5.63. The standard InChI is InChI=1S/C25H18ClFN2O3/c26-24-18(10-17-11-22-23(32-15-31-22)12-21(17)28-24)14-29(13-16-6-2-1-3-7-16)25(30)19-8-4-5-9-20(19)27/h1-12H,13-15H2. The molecule has 1 aromatic heterocycles. The number of amides is 1. The van der Waals surface area contributed by atoms with Crippen LogP contribution in [0.15, 0.2) is 72.8 Å². The molecule has 0 unspecified atom stereocenters. The van der Waals surface area contributed by atoms with E-state index in [0.717, 1.165) is 10.9 Å². The number of fused-ring (bicyclic) bond motifs is 2. The molecule has 0 bridgehead atoms. The third kappa shape index (κ3) is 3.97. The van der Waals surface area contributed by atoms with Gasteiger partial charge in [0.2, 0.25) is 6.79 Å². The third-order valence-electron chi connectivity index (χ3n) is 5.30. The van der Waals surface area contributed by atoms with Crippen LogP contribution in [0.4, 0.5) is 4.39 Å². The van der Waals surface area contributed by atoms with Gasteiger partial charge in [0.25, 0.3) is 5.91 Å². The number of halogens is 2. The van der Waals surface area contributed by atoms with E-state index < -0.39 is 11.7 Å². The van der Waals surface area contributed by atoms with Gasteiger partial charge in [0.1, 0.15) is 11.0 Å². The summed E-state index contributed by atoms with van der Waals surface area (Å²) in [5.74, 6) is 0.269. The highest BCUT2D eigenvalue weighted by atomic mass is 35.5. The first-order valence-corrected chi connectivity index (χ1v) is 10.4. The first kappa shape index (κ1) is 20.3. The molecule has 0 atom stereocenters. The van der Waals surface area contributed by atoms with Gasteiger partial charge < -0.3 is 14.4 Å². The van der Waals surface area contributed by atoms with E-state index in [0.29, 0.717) is 29.1 Å². The number of nitrogens with zero attached hydrogens (tertiary/aromatic N) is 2. The molecule has 7 heteroatoms. The number of rotatable bonds is 5. The summed E-state index contributed by atoms with van der Waals surface area (Å²) in [6.45, 7) is 0.621. The summed E-state index contributed by atoms with van der Waals surface area (Å²) < 4.78 is 25.2. The van der Waals surface area contributed by atoms with Gasteiger partial charge >= 0.3 is 0 Å². The Hall–Kier alpha value is -3.64. The molecule has 1 amide bonds. The summed E-state index contributed by atoms with van der Waals surface area (Å²) in [6.07, 6.45) is 0. The van der Waals surface area contributed by atoms with Crippen LogP contribution in [0.25, 0.3) is 10.9 Å². The monoisotopic (exact) mass is 448 g/mol. The van der Waals surface area contributed by atoms with Gasteiger partial charge in [-0.15, -0.1) is 0 Å². The van der Waals surface area contributed by atoms with Gasteiger partial charge in [-0.25, -0.2) is 9.37 Å². The summed E-state index contributed by atoms with van der Waals surface area (Å²) in [5, 5.41) is 1.09. The molecule has 5 nitrogen and oxygen atoms in total. The van der Waals surface area contributed by atoms with E-state index in [4.69, 9.17) is 21.1 Å². The second-order valence-corrected chi connectivity index (χ2v) is 7.82. The Balaban J connectivity index is 1.52. The van der Waals surface area contributed by atoms with E-state index in [1.165, 1.54) is 12.1 Å². The van der Waals surface area contributed by atoms with Crippen molar-refractivity contribution in [1.29, 1.82) is 0 Å². The Labute approximate surface area is 189 Å². The molecule has 0 saturated heterocycles. The first-order chi connectivity index (χ1) is 15.6. The van der Waals surface area contributed by atoms with Crippen molar-refractivity contribution in [1.82, 2.24) is 9.88 Å². The topological polar surface area (TPSA) is 51.7 Å². The number of aromatic nitrogens is 1. The molecule has 0 fully saturated rings. The van der Waals surface area contributed by atoms with Crippen LogP contribution >= 0.6 is 11.6 Å². The average Bonchev–Trinajstić information content (AvgIpc) is 3.25. The lowest BCUT2D eigenvalue weighted by atomic mass is 10.1. The summed E-state index contributed by atoms with van der Waals surface area (Å²) in [6, 6.07) is 21.0. The Bertz CT molecular complexity index is 1310. The van der Waals surface area contributed by atoms with Crippen molar-refractivity contribution in [3.8, 4) is 11.5 Å². The van der Waals surface area contributed by atoms with Crippen LogP contribution in [-0.2, 0) is 13.1 Å². The lowest BCUT2D eigenvalue weighted by Gasteiger charge is -2.24. The lowest BCUT2D eigenvalue weighted by Crippen LogP contribution is -2.31. The maximum atomic E-state index is 14.4. The molecule has 1 aliphatic heterocycles. The molecule has 1 aliphatic rings. The Morgan fingerprint density at radius 2 is 1.69 bits per heavy atom. The fraction of sp³-hybridized carbons (Fsp3) is 0.120. The van der Waals surface area contributed by atoms with Crippen molar-refractivity contribution in [3.63, 3.8) is 0 Å². The van der Waals surface area contributed by atoms with Crippen LogP contribution in [0, 0.1) is 5.82 Å². The lowest BCUT2D eigenvalue weighted by molar-refractivity contribution is 0.0725. The van der Waals surface area contributed by atoms with Crippen molar-refractivity contribution in [3.05, 3.63) is 100 Å². The van der Waals surface area contributed by atoms with Crippen molar-refractivity contribution < 1.29 is 18.7 Å². The van der Waals surface area contributed by atoms with Gasteiger partial charge in [0.15, 0.2) is 11.5 Å². The van der Waals surface area contributed by atoms with E-state index in [-0.39, 0.29) is 24.1 Å². The fourth-order valence-electron chi connectivity index (χ4n) is 3.71. The summed E-state index contributed by atoms with van der Waals surface area (Å²) in [5.41, 5.74) is 2.25. The van der Waals surface area contributed by atoms with E-state index in [2.05, 4.69) is 4.98 Å². The fourth-order valence-corrected chi connectivity index (χ4v) is 3.91. The van der Waals surface area contributed by atoms with Crippen LogP contribution < -0.4 is 9.47 Å². The molecule has 0 N–H and O–H groups in total. The summed E-state index contributed by atoms with van der Waals surface area (Å²) >= 11 is 6.49. The molecule has 32 heavy (non-hydrogen) atoms. The molecule has 3 aromatic carbocycles. The number of benzene rings is 3. The molecule has 5 rings (SSSR count). The predicted molar refractivity (Wildman–Crippen MR) is 119 cm³/mol. The van der Waals surface area contributed by atoms with Crippen LogP contribution in [0.5, 0.6) is 11.5 Å². The van der Waals surface area contributed by atoms with Crippen LogP contribution in [-0.4, -0.2) is 22.6 Å². The zero-order valence-corrected chi connectivity index (χ0v) is 17.7. The normalized spacial score (nSPS) is 12.2. The molecule has 0 saturated carbocycles. The first-order valence-electron chi connectivity index (χ1n) is 10.0. The van der Waals surface area contributed by atoms with Gasteiger partial charge in [-0.1, -0.05) is 54.1 Å². The highest BCUT2D eigenvalue weighted by Gasteiger charge is 2.22. The van der Waals surface area contributed by atoms with Crippen molar-refractivity contribution in [2.75, 3.05) is 6.79 Å². The van der Waals surface area contributed by atoms with Crippen molar-refractivity contribution in [2.45, 2.75) is 13.1 Å². The number of carbonyl (C=O) groups excluding carboxylic acids is 1. The maximum Gasteiger partial charge on any atom is 0.257 e. The predicted octanol–water partition coefficient (Wildman–Crippen LogP) is 5.60. The van der Waals surface area contributed by atoms with Gasteiger partial charge in [-0.05, 0) is 29.8 Å². The number of hydrogen-bond acceptors (Lipinski definition) is 4. The van der Waals surface area contributed by atoms with E-state index >= 15 is 0 Å². The minimum Gasteiger partial charge on any atom is -0.454 e. The molecule has 160 valence electrons. The largest absolute Gasteiger partial charge is 0.454 e. The Morgan fingerprint density at radius 1 is 0.969 bits per heavy atom. The summed E-state index contributed by atoms with van der Waals surface area (Å²) in [7, 11) is 0. The minimum absolute atomic E-state index is 0.0108. The minimum atomic E-state index is -0.564. The number of carbonyl (C=O) groups is 1. The van der Waals surface area contributed by atoms with Crippen molar-refractivity contribution in [2.24, 2.45) is 0 Å². The highest BCUT2D eigenvalue weighted by Crippen LogP contribution is 2.36. The van der Waals surface area contributed by atoms with E-state index in [9.17, 15) is 9.18 Å². The molecule has 0 radical (unpaired) electrons. The van der Waals surface area contributed by atoms with Gasteiger partial charge in [0.05, 0.1) is 11.1 Å². The molecular formula is C25H18ClFN2O3. The maximum absolute atomic E-state index is 14.4. The Morgan fingerprint density at radius 3 is 2.47 bits per heavy atom. The van der Waals surface area contributed by atoms with Crippen LogP contribution in [0.3, 0.4) is 0 Å². The SMILES string of the molecule is O=C(c1ccccc1F)N(Cc1ccccc1)Cc1cc2cc3c(cc2nc1Cl)OCO3. The van der Waals surface area contributed by atoms with Gasteiger partial charge in [0, 0.05) is 30.1 Å². The molecule has 2 heterocycles. The number of ether oxygens (including phenoxy) is 2. The summed E-state index contributed by atoms with van der Waals surface area (Å²) in [4.78, 5) is 19.3. The van der Waals surface area contributed by atoms with E-state index in [1.807, 2.05) is 42.5 Å². The number of pyridine rings is 1. The van der Waals surface area contributed by atoms with Crippen LogP contribution in [0.2, 0.25) is 5.15 Å². The molecule has 0 aliphatic carbocycles. The van der Waals surface area contributed by atoms with Crippen LogP contribution in [0.1, 0.15) is 21.5 Å². The quantitative estimate of drug-likeness (QED) is 0.373. The smallest absolute Gasteiger partial charge is 0.257 e.